The maximum Gasteiger partial charge on any atom is 0.295 e. The molecule has 1 saturated heterocycles. The second-order valence-electron chi connectivity index (χ2n) is 5.92. The Kier molecular flexibility index (Phi) is 5.04. The molecule has 6 nitrogen and oxygen atoms in total. The minimum atomic E-state index is -0.708. The summed E-state index contributed by atoms with van der Waals surface area (Å²) in [6, 6.07) is 15.1. The number of hydrogen-bond acceptors (Lipinski definition) is 5. The van der Waals surface area contributed by atoms with Crippen LogP contribution >= 0.6 is 0 Å². The smallest absolute Gasteiger partial charge is 0.295 e. The number of carbonyl (C=O) groups excluding carboxylic acids is 2. The second kappa shape index (κ2) is 7.41. The number of amides is 1. The molecule has 0 bridgehead atoms. The summed E-state index contributed by atoms with van der Waals surface area (Å²) >= 11 is 0. The summed E-state index contributed by atoms with van der Waals surface area (Å²) in [4.78, 5) is 26.5. The maximum atomic E-state index is 12.6. The summed E-state index contributed by atoms with van der Waals surface area (Å²) < 4.78 is 5.16. The Hall–Kier alpha value is -3.12. The van der Waals surface area contributed by atoms with Crippen LogP contribution in [0.5, 0.6) is 5.75 Å². The van der Waals surface area contributed by atoms with Crippen LogP contribution in [0.4, 0.5) is 0 Å². The molecule has 0 radical (unpaired) electrons. The number of ether oxygens (including phenoxy) is 1. The molecule has 1 aliphatic rings. The quantitative estimate of drug-likeness (QED) is 0.488. The zero-order valence-electron chi connectivity index (χ0n) is 14.4. The fourth-order valence-electron chi connectivity index (χ4n) is 3.13. The zero-order chi connectivity index (χ0) is 18.7. The molecular weight excluding hydrogens is 332 g/mol. The molecule has 0 aliphatic carbocycles. The lowest BCUT2D eigenvalue weighted by Crippen LogP contribution is -2.34. The minimum Gasteiger partial charge on any atom is -0.507 e. The molecule has 3 rings (SSSR count). The van der Waals surface area contributed by atoms with Crippen LogP contribution in [0.25, 0.3) is 5.76 Å². The molecule has 0 saturated carbocycles. The lowest BCUT2D eigenvalue weighted by atomic mass is 9.95. The summed E-state index contributed by atoms with van der Waals surface area (Å²) in [6.45, 7) is 0.428. The van der Waals surface area contributed by atoms with Crippen LogP contribution in [0.15, 0.2) is 60.2 Å². The Bertz CT molecular complexity index is 844. The Morgan fingerprint density at radius 2 is 1.77 bits per heavy atom. The molecule has 134 valence electrons. The van der Waals surface area contributed by atoms with Crippen LogP contribution in [0, 0.1) is 0 Å². The van der Waals surface area contributed by atoms with Gasteiger partial charge in [0, 0.05) is 18.7 Å². The van der Waals surface area contributed by atoms with Gasteiger partial charge in [0.1, 0.15) is 11.5 Å². The highest BCUT2D eigenvalue weighted by atomic mass is 16.5. The predicted octanol–water partition coefficient (Wildman–Crippen LogP) is 2.08. The molecule has 1 atom stereocenters. The van der Waals surface area contributed by atoms with Crippen LogP contribution in [-0.2, 0) is 9.59 Å². The van der Waals surface area contributed by atoms with Gasteiger partial charge in [-0.15, -0.1) is 0 Å². The van der Waals surface area contributed by atoms with Crippen LogP contribution < -0.4 is 10.5 Å². The number of ketones is 1. The highest BCUT2D eigenvalue weighted by molar-refractivity contribution is 6.46. The predicted molar refractivity (Wildman–Crippen MR) is 97.5 cm³/mol. The number of rotatable bonds is 5. The van der Waals surface area contributed by atoms with Crippen molar-refractivity contribution in [3.63, 3.8) is 0 Å². The van der Waals surface area contributed by atoms with Crippen molar-refractivity contribution in [3.8, 4) is 5.75 Å². The van der Waals surface area contributed by atoms with Crippen molar-refractivity contribution in [2.75, 3.05) is 20.2 Å². The van der Waals surface area contributed by atoms with Crippen LogP contribution in [0.1, 0.15) is 17.2 Å². The largest absolute Gasteiger partial charge is 0.507 e. The number of nitrogens with two attached hydrogens (primary N) is 1. The van der Waals surface area contributed by atoms with Crippen LogP contribution in [0.2, 0.25) is 0 Å². The fraction of sp³-hybridized carbons (Fsp3) is 0.200. The number of hydrogen-bond donors (Lipinski definition) is 2. The van der Waals surface area contributed by atoms with E-state index in [4.69, 9.17) is 10.5 Å². The first kappa shape index (κ1) is 17.7. The summed E-state index contributed by atoms with van der Waals surface area (Å²) in [5, 5.41) is 10.8. The Balaban J connectivity index is 2.15. The molecule has 3 N–H and O–H groups in total. The van der Waals surface area contributed by atoms with Crippen molar-refractivity contribution in [1.82, 2.24) is 4.90 Å². The molecule has 0 aromatic heterocycles. The van der Waals surface area contributed by atoms with E-state index in [0.29, 0.717) is 16.9 Å². The zero-order valence-corrected chi connectivity index (χ0v) is 14.4. The average molecular weight is 352 g/mol. The van der Waals surface area contributed by atoms with E-state index in [9.17, 15) is 14.7 Å². The van der Waals surface area contributed by atoms with Gasteiger partial charge in [0.05, 0.1) is 18.7 Å². The molecule has 1 heterocycles. The average Bonchev–Trinajstić information content (AvgIpc) is 2.93. The van der Waals surface area contributed by atoms with E-state index < -0.39 is 17.7 Å². The first-order chi connectivity index (χ1) is 12.6. The number of nitrogens with zero attached hydrogens (tertiary/aromatic N) is 1. The highest BCUT2D eigenvalue weighted by Crippen LogP contribution is 2.39. The van der Waals surface area contributed by atoms with Crippen molar-refractivity contribution in [3.05, 3.63) is 71.3 Å². The lowest BCUT2D eigenvalue weighted by molar-refractivity contribution is -0.139. The Morgan fingerprint density at radius 3 is 2.35 bits per heavy atom. The summed E-state index contributed by atoms with van der Waals surface area (Å²) in [5.41, 5.74) is 6.89. The number of likely N-dealkylation sites (tertiary alicyclic amines) is 1. The molecule has 2 aromatic carbocycles. The van der Waals surface area contributed by atoms with Gasteiger partial charge in [-0.25, -0.2) is 0 Å². The number of methoxy groups -OCH3 is 1. The van der Waals surface area contributed by atoms with Gasteiger partial charge in [0.2, 0.25) is 0 Å². The lowest BCUT2D eigenvalue weighted by Gasteiger charge is -2.24. The third-order valence-electron chi connectivity index (χ3n) is 4.39. The van der Waals surface area contributed by atoms with Gasteiger partial charge in [0.15, 0.2) is 0 Å². The summed E-state index contributed by atoms with van der Waals surface area (Å²) in [7, 11) is 1.56. The molecular formula is C20H20N2O4. The van der Waals surface area contributed by atoms with Gasteiger partial charge in [0.25, 0.3) is 11.7 Å². The van der Waals surface area contributed by atoms with Gasteiger partial charge >= 0.3 is 0 Å². The van der Waals surface area contributed by atoms with Gasteiger partial charge < -0.3 is 20.5 Å². The molecule has 2 aromatic rings. The SMILES string of the molecule is COc1ccc(C2/C(=C(/O)c3ccccc3)C(=O)C(=O)N2CCN)cc1. The van der Waals surface area contributed by atoms with Crippen molar-refractivity contribution in [2.45, 2.75) is 6.04 Å². The van der Waals surface area contributed by atoms with Gasteiger partial charge in [-0.05, 0) is 17.7 Å². The van der Waals surface area contributed by atoms with Crippen LogP contribution in [0.3, 0.4) is 0 Å². The molecule has 1 aliphatic heterocycles. The van der Waals surface area contributed by atoms with E-state index in [-0.39, 0.29) is 24.4 Å². The van der Waals surface area contributed by atoms with E-state index in [1.54, 1.807) is 55.6 Å². The monoisotopic (exact) mass is 352 g/mol. The normalized spacial score (nSPS) is 19.0. The molecule has 1 amide bonds. The maximum absolute atomic E-state index is 12.6. The Labute approximate surface area is 151 Å². The van der Waals surface area contributed by atoms with Crippen molar-refractivity contribution in [2.24, 2.45) is 5.73 Å². The van der Waals surface area contributed by atoms with Gasteiger partial charge in [-0.2, -0.15) is 0 Å². The number of carbonyl (C=O) groups is 2. The molecule has 26 heavy (non-hydrogen) atoms. The molecule has 6 heteroatoms. The number of Topliss-reactive ketones (excluding diaryl/α,β-unsaturated/α-hetero) is 1. The Morgan fingerprint density at radius 1 is 1.12 bits per heavy atom. The topological polar surface area (TPSA) is 92.9 Å². The molecule has 0 spiro atoms. The van der Waals surface area contributed by atoms with E-state index in [2.05, 4.69) is 0 Å². The van der Waals surface area contributed by atoms with E-state index in [1.807, 2.05) is 6.07 Å². The van der Waals surface area contributed by atoms with Gasteiger partial charge in [-0.3, -0.25) is 9.59 Å². The van der Waals surface area contributed by atoms with Gasteiger partial charge in [-0.1, -0.05) is 42.5 Å². The third kappa shape index (κ3) is 3.07. The minimum absolute atomic E-state index is 0.0693. The van der Waals surface area contributed by atoms with Crippen molar-refractivity contribution in [1.29, 1.82) is 0 Å². The van der Waals surface area contributed by atoms with E-state index in [0.717, 1.165) is 0 Å². The van der Waals surface area contributed by atoms with Crippen molar-refractivity contribution >= 4 is 17.4 Å². The van der Waals surface area contributed by atoms with E-state index in [1.165, 1.54) is 4.90 Å². The number of aliphatic hydroxyl groups is 1. The standard InChI is InChI=1S/C20H20N2O4/c1-26-15-9-7-13(8-10-15)17-16(18(23)14-5-3-2-4-6-14)19(24)20(25)22(17)12-11-21/h2-10,17,23H,11-12,21H2,1H3/b18-16-. The van der Waals surface area contributed by atoms with Crippen molar-refractivity contribution < 1.29 is 19.4 Å². The first-order valence-electron chi connectivity index (χ1n) is 8.26. The summed E-state index contributed by atoms with van der Waals surface area (Å²) in [5.74, 6) is -0.897. The first-order valence-corrected chi connectivity index (χ1v) is 8.26. The third-order valence-corrected chi connectivity index (χ3v) is 4.39. The highest BCUT2D eigenvalue weighted by Gasteiger charge is 2.45. The second-order valence-corrected chi connectivity index (χ2v) is 5.92. The van der Waals surface area contributed by atoms with Crippen LogP contribution in [-0.4, -0.2) is 41.9 Å². The number of benzene rings is 2. The van der Waals surface area contributed by atoms with E-state index >= 15 is 0 Å². The molecule has 1 unspecified atom stereocenters. The fourth-order valence-corrected chi connectivity index (χ4v) is 3.13. The molecule has 1 fully saturated rings. The summed E-state index contributed by atoms with van der Waals surface area (Å²) in [6.07, 6.45) is 0. The number of aliphatic hydroxyl groups excluding tert-OH is 1.